The maximum Gasteiger partial charge on any atom is 0.0540 e. The minimum absolute atomic E-state index is 1.09. The van der Waals surface area contributed by atoms with Crippen molar-refractivity contribution in [1.82, 2.24) is 0 Å². The van der Waals surface area contributed by atoms with Gasteiger partial charge in [-0.3, -0.25) is 0 Å². The van der Waals surface area contributed by atoms with E-state index in [1.807, 2.05) is 18.2 Å². The van der Waals surface area contributed by atoms with E-state index in [9.17, 15) is 0 Å². The van der Waals surface area contributed by atoms with E-state index in [1.165, 1.54) is 53.1 Å². The Labute approximate surface area is 389 Å². The van der Waals surface area contributed by atoms with Gasteiger partial charge in [0.15, 0.2) is 0 Å². The highest BCUT2D eigenvalue weighted by atomic mass is 127. The van der Waals surface area contributed by atoms with Gasteiger partial charge in [-0.25, -0.2) is 0 Å². The number of fused-ring (bicyclic) bond motifs is 2. The van der Waals surface area contributed by atoms with Gasteiger partial charge < -0.3 is 10.2 Å². The normalized spacial score (nSPS) is 10.5. The van der Waals surface area contributed by atoms with Crippen molar-refractivity contribution in [3.05, 3.63) is 255 Å². The zero-order valence-electron chi connectivity index (χ0n) is 33.2. The lowest BCUT2D eigenvalue weighted by Crippen LogP contribution is -2.10. The van der Waals surface area contributed by atoms with Crippen molar-refractivity contribution in [3.63, 3.8) is 0 Å². The number of hydrogen-bond donors (Lipinski definition) is 1. The summed E-state index contributed by atoms with van der Waals surface area (Å²) < 4.78 is 3.48. The maximum atomic E-state index is 3.51. The summed E-state index contributed by atoms with van der Waals surface area (Å²) in [5, 5.41) is 8.43. The van der Waals surface area contributed by atoms with E-state index < -0.39 is 0 Å². The number of hydrogen-bond acceptors (Lipinski definition) is 2. The largest absolute Gasteiger partial charge is 0.355 e. The molecule has 0 aliphatic carbocycles. The number of nitrogens with one attached hydrogen (secondary N) is 1. The SMILES string of the molecule is Brc1ccc(-c2ccc(I)cc2)cc1.Brc1ccc(-c2ccc(N(c3ccccc3)c3cccc4ccccc34)cc2)cc1.c1ccc(Nc2cccc3ccccc23)cc1. The fourth-order valence-electron chi connectivity index (χ4n) is 7.15. The van der Waals surface area contributed by atoms with Crippen LogP contribution < -0.4 is 10.2 Å². The predicted molar refractivity (Wildman–Crippen MR) is 278 cm³/mol. The Hall–Kier alpha value is -5.99. The lowest BCUT2D eigenvalue weighted by atomic mass is 10.0. The predicted octanol–water partition coefficient (Wildman–Crippen LogP) is 18.0. The van der Waals surface area contributed by atoms with Gasteiger partial charge >= 0.3 is 0 Å². The Bertz CT molecular complexity index is 2880. The van der Waals surface area contributed by atoms with Crippen LogP contribution in [0.25, 0.3) is 43.8 Å². The van der Waals surface area contributed by atoms with Crippen LogP contribution in [0.1, 0.15) is 0 Å². The summed E-state index contributed by atoms with van der Waals surface area (Å²) in [6, 6.07) is 84.6. The molecule has 0 heterocycles. The number of rotatable bonds is 7. The summed E-state index contributed by atoms with van der Waals surface area (Å²) >= 11 is 9.26. The lowest BCUT2D eigenvalue weighted by molar-refractivity contribution is 1.30. The molecular formula is C56H41Br2IN2. The third-order valence-corrected chi connectivity index (χ3v) is 12.0. The lowest BCUT2D eigenvalue weighted by Gasteiger charge is -2.27. The molecule has 0 amide bonds. The van der Waals surface area contributed by atoms with E-state index in [0.717, 1.165) is 31.7 Å². The van der Waals surface area contributed by atoms with Gasteiger partial charge in [0.05, 0.1) is 5.69 Å². The molecule has 0 saturated carbocycles. The fourth-order valence-corrected chi connectivity index (χ4v) is 8.04. The first-order chi connectivity index (χ1) is 30.0. The van der Waals surface area contributed by atoms with E-state index in [-0.39, 0.29) is 0 Å². The van der Waals surface area contributed by atoms with E-state index in [2.05, 4.69) is 289 Å². The zero-order valence-corrected chi connectivity index (χ0v) is 38.5. The minimum Gasteiger partial charge on any atom is -0.355 e. The molecule has 0 saturated heterocycles. The van der Waals surface area contributed by atoms with E-state index in [4.69, 9.17) is 0 Å². The van der Waals surface area contributed by atoms with Crippen LogP contribution in [-0.2, 0) is 0 Å². The number of benzene rings is 10. The molecule has 0 fully saturated rings. The zero-order chi connectivity index (χ0) is 41.8. The van der Waals surface area contributed by atoms with Crippen LogP contribution in [0.2, 0.25) is 0 Å². The third-order valence-electron chi connectivity index (χ3n) is 10.2. The van der Waals surface area contributed by atoms with Gasteiger partial charge in [-0.2, -0.15) is 0 Å². The summed E-state index contributed by atoms with van der Waals surface area (Å²) in [4.78, 5) is 2.33. The molecular weight excluding hydrogens is 987 g/mol. The smallest absolute Gasteiger partial charge is 0.0540 e. The molecule has 0 aliphatic heterocycles. The van der Waals surface area contributed by atoms with Crippen LogP contribution in [0.5, 0.6) is 0 Å². The quantitative estimate of drug-likeness (QED) is 0.160. The molecule has 0 bridgehead atoms. The van der Waals surface area contributed by atoms with Gasteiger partial charge in [0.1, 0.15) is 0 Å². The first-order valence-electron chi connectivity index (χ1n) is 20.0. The molecule has 10 rings (SSSR count). The molecule has 0 radical (unpaired) electrons. The minimum atomic E-state index is 1.09. The Kier molecular flexibility index (Phi) is 14.0. The number of para-hydroxylation sites is 2. The summed E-state index contributed by atoms with van der Waals surface area (Å²) in [6.07, 6.45) is 0. The standard InChI is InChI=1S/C28H20BrN.C16H13N.C12H8BrI/c29-24-17-13-21(14-18-24)22-15-19-26(20-16-22)30(25-9-2-1-3-10-25)28-12-6-8-23-7-4-5-11-27(23)28;1-2-9-14(10-3-1)17-16-12-6-8-13-7-4-5-11-15(13)16;13-11-5-1-9(2-6-11)10-3-7-12(14)8-4-10/h1-20H;1-12,17H;1-8H. The highest BCUT2D eigenvalue weighted by Gasteiger charge is 2.15. The molecule has 0 aromatic heterocycles. The molecule has 0 atom stereocenters. The van der Waals surface area contributed by atoms with Crippen LogP contribution in [0.4, 0.5) is 28.4 Å². The topological polar surface area (TPSA) is 15.3 Å². The van der Waals surface area contributed by atoms with Gasteiger partial charge in [0.25, 0.3) is 0 Å². The Morgan fingerprint density at radius 1 is 0.344 bits per heavy atom. The second-order valence-corrected chi connectivity index (χ2v) is 17.3. The average molecular weight is 1030 g/mol. The van der Waals surface area contributed by atoms with E-state index in [1.54, 1.807) is 0 Å². The fraction of sp³-hybridized carbons (Fsp3) is 0. The van der Waals surface area contributed by atoms with Gasteiger partial charge in [-0.15, -0.1) is 0 Å². The van der Waals surface area contributed by atoms with Gasteiger partial charge in [-0.05, 0) is 141 Å². The number of nitrogens with zero attached hydrogens (tertiary/aromatic N) is 1. The molecule has 0 unspecified atom stereocenters. The molecule has 10 aromatic rings. The maximum absolute atomic E-state index is 3.51. The molecule has 1 N–H and O–H groups in total. The molecule has 61 heavy (non-hydrogen) atoms. The molecule has 10 aromatic carbocycles. The van der Waals surface area contributed by atoms with Crippen molar-refractivity contribution in [3.8, 4) is 22.3 Å². The summed E-state index contributed by atoms with van der Waals surface area (Å²) in [5.41, 5.74) is 10.7. The second kappa shape index (κ2) is 20.5. The first kappa shape index (κ1) is 41.7. The number of anilines is 5. The van der Waals surface area contributed by atoms with Crippen LogP contribution in [0, 0.1) is 3.57 Å². The first-order valence-corrected chi connectivity index (χ1v) is 22.7. The highest BCUT2D eigenvalue weighted by Crippen LogP contribution is 2.39. The van der Waals surface area contributed by atoms with Crippen LogP contribution in [0.3, 0.4) is 0 Å². The Morgan fingerprint density at radius 2 is 0.754 bits per heavy atom. The van der Waals surface area contributed by atoms with Crippen molar-refractivity contribution in [2.75, 3.05) is 10.2 Å². The summed E-state index contributed by atoms with van der Waals surface area (Å²) in [6.45, 7) is 0. The molecule has 0 spiro atoms. The van der Waals surface area contributed by atoms with Crippen LogP contribution >= 0.6 is 54.5 Å². The van der Waals surface area contributed by atoms with Gasteiger partial charge in [-0.1, -0.05) is 190 Å². The summed E-state index contributed by atoms with van der Waals surface area (Å²) in [7, 11) is 0. The van der Waals surface area contributed by atoms with Gasteiger partial charge in [0, 0.05) is 46.0 Å². The van der Waals surface area contributed by atoms with Crippen LogP contribution in [0.15, 0.2) is 252 Å². The van der Waals surface area contributed by atoms with Crippen molar-refractivity contribution in [2.45, 2.75) is 0 Å². The average Bonchev–Trinajstić information content (AvgIpc) is 3.32. The van der Waals surface area contributed by atoms with Crippen LogP contribution in [-0.4, -0.2) is 0 Å². The van der Waals surface area contributed by atoms with E-state index >= 15 is 0 Å². The number of halogens is 3. The highest BCUT2D eigenvalue weighted by molar-refractivity contribution is 14.1. The molecule has 2 nitrogen and oxygen atoms in total. The van der Waals surface area contributed by atoms with Crippen molar-refractivity contribution < 1.29 is 0 Å². The second-order valence-electron chi connectivity index (χ2n) is 14.3. The molecule has 0 aliphatic rings. The molecule has 5 heteroatoms. The molecule has 296 valence electrons. The van der Waals surface area contributed by atoms with Crippen molar-refractivity contribution in [2.24, 2.45) is 0 Å². The third kappa shape index (κ3) is 10.9. The van der Waals surface area contributed by atoms with Gasteiger partial charge in [0.2, 0.25) is 0 Å². The monoisotopic (exact) mass is 1030 g/mol. The van der Waals surface area contributed by atoms with Crippen molar-refractivity contribution in [1.29, 1.82) is 0 Å². The summed E-state index contributed by atoms with van der Waals surface area (Å²) in [5.74, 6) is 0. The van der Waals surface area contributed by atoms with Crippen molar-refractivity contribution >= 4 is 104 Å². The van der Waals surface area contributed by atoms with E-state index in [0.29, 0.717) is 0 Å². The Morgan fingerprint density at radius 3 is 1.33 bits per heavy atom. The Balaban J connectivity index is 0.000000140.